The molecule has 1 heterocycles. The average molecular weight is 401 g/mol. The summed E-state index contributed by atoms with van der Waals surface area (Å²) in [5.41, 5.74) is 2.65. The predicted octanol–water partition coefficient (Wildman–Crippen LogP) is 3.63. The first-order chi connectivity index (χ1) is 13.2. The Morgan fingerprint density at radius 1 is 1.07 bits per heavy atom. The molecule has 3 rings (SSSR count). The molecule has 0 saturated carbocycles. The molecule has 0 bridgehead atoms. The Hall–Kier alpha value is -2.67. The number of rotatable bonds is 5. The van der Waals surface area contributed by atoms with Gasteiger partial charge in [0.1, 0.15) is 0 Å². The highest BCUT2D eigenvalue weighted by Gasteiger charge is 2.25. The highest BCUT2D eigenvalue weighted by Crippen LogP contribution is 2.32. The van der Waals surface area contributed by atoms with Crippen molar-refractivity contribution >= 4 is 33.1 Å². The van der Waals surface area contributed by atoms with Crippen LogP contribution in [0.3, 0.4) is 0 Å². The van der Waals surface area contributed by atoms with Crippen molar-refractivity contribution in [3.8, 4) is 0 Å². The molecular weight excluding hydrogens is 376 g/mol. The van der Waals surface area contributed by atoms with E-state index < -0.39 is 10.0 Å². The fourth-order valence-electron chi connectivity index (χ4n) is 3.26. The Kier molecular flexibility index (Phi) is 5.56. The highest BCUT2D eigenvalue weighted by atomic mass is 32.2. The molecule has 7 heteroatoms. The first-order valence-corrected chi connectivity index (χ1v) is 10.8. The van der Waals surface area contributed by atoms with Gasteiger partial charge in [-0.25, -0.2) is 8.42 Å². The summed E-state index contributed by atoms with van der Waals surface area (Å²) in [5, 5.41) is 0. The summed E-state index contributed by atoms with van der Waals surface area (Å²) in [6.45, 7) is 5.77. The lowest BCUT2D eigenvalue weighted by atomic mass is 9.99. The summed E-state index contributed by atoms with van der Waals surface area (Å²) >= 11 is 0. The van der Waals surface area contributed by atoms with E-state index in [4.69, 9.17) is 0 Å². The molecule has 2 aromatic rings. The van der Waals surface area contributed by atoms with Crippen LogP contribution in [0.1, 0.15) is 43.1 Å². The fraction of sp³-hybridized carbons (Fsp3) is 0.333. The Morgan fingerprint density at radius 2 is 1.75 bits per heavy atom. The maximum Gasteiger partial charge on any atom is 0.261 e. The van der Waals surface area contributed by atoms with E-state index in [0.717, 1.165) is 24.1 Å². The number of nitrogens with zero attached hydrogens (tertiary/aromatic N) is 1. The molecule has 6 nitrogen and oxygen atoms in total. The van der Waals surface area contributed by atoms with Crippen LogP contribution >= 0.6 is 0 Å². The number of hydrogen-bond donors (Lipinski definition) is 1. The molecule has 0 aliphatic carbocycles. The SMILES string of the molecule is CC(=O)c1ccc(S(=O)(=O)Nc2ccc3c(c2)N(C(=O)C(C)C)CCC3)cc1. The Labute approximate surface area is 165 Å². The number of carbonyl (C=O) groups is 2. The zero-order valence-corrected chi connectivity index (χ0v) is 17.0. The van der Waals surface area contributed by atoms with Crippen LogP contribution in [0.15, 0.2) is 47.4 Å². The first-order valence-electron chi connectivity index (χ1n) is 9.27. The predicted molar refractivity (Wildman–Crippen MR) is 109 cm³/mol. The lowest BCUT2D eigenvalue weighted by Gasteiger charge is -2.31. The highest BCUT2D eigenvalue weighted by molar-refractivity contribution is 7.92. The minimum atomic E-state index is -3.80. The number of aryl methyl sites for hydroxylation is 1. The van der Waals surface area contributed by atoms with Gasteiger partial charge in [0.25, 0.3) is 10.0 Å². The van der Waals surface area contributed by atoms with E-state index in [0.29, 0.717) is 17.8 Å². The second-order valence-corrected chi connectivity index (χ2v) is 8.96. The van der Waals surface area contributed by atoms with E-state index in [2.05, 4.69) is 4.72 Å². The van der Waals surface area contributed by atoms with Crippen molar-refractivity contribution in [2.75, 3.05) is 16.2 Å². The summed E-state index contributed by atoms with van der Waals surface area (Å²) < 4.78 is 28.0. The summed E-state index contributed by atoms with van der Waals surface area (Å²) in [5.74, 6) is -0.228. The molecule has 148 valence electrons. The van der Waals surface area contributed by atoms with Gasteiger partial charge >= 0.3 is 0 Å². The van der Waals surface area contributed by atoms with Crippen LogP contribution in [0.5, 0.6) is 0 Å². The maximum atomic E-state index is 12.7. The van der Waals surface area contributed by atoms with E-state index >= 15 is 0 Å². The number of amides is 1. The van der Waals surface area contributed by atoms with Crippen molar-refractivity contribution in [1.29, 1.82) is 0 Å². The molecule has 0 spiro atoms. The van der Waals surface area contributed by atoms with Crippen molar-refractivity contribution in [1.82, 2.24) is 0 Å². The number of Topliss-reactive ketones (excluding diaryl/α,β-unsaturated/α-hetero) is 1. The number of carbonyl (C=O) groups excluding carboxylic acids is 2. The van der Waals surface area contributed by atoms with Gasteiger partial charge in [-0.1, -0.05) is 32.0 Å². The zero-order chi connectivity index (χ0) is 20.5. The first kappa shape index (κ1) is 20.1. The molecule has 0 radical (unpaired) electrons. The number of fused-ring (bicyclic) bond motifs is 1. The normalized spacial score (nSPS) is 13.9. The Balaban J connectivity index is 1.89. The van der Waals surface area contributed by atoms with Gasteiger partial charge in [0.05, 0.1) is 10.6 Å². The molecule has 0 saturated heterocycles. The summed E-state index contributed by atoms with van der Waals surface area (Å²) in [6.07, 6.45) is 1.75. The van der Waals surface area contributed by atoms with E-state index in [9.17, 15) is 18.0 Å². The summed E-state index contributed by atoms with van der Waals surface area (Å²) in [7, 11) is -3.80. The topological polar surface area (TPSA) is 83.6 Å². The number of hydrogen-bond acceptors (Lipinski definition) is 4. The van der Waals surface area contributed by atoms with E-state index in [1.165, 1.54) is 31.2 Å². The quantitative estimate of drug-likeness (QED) is 0.777. The number of sulfonamides is 1. The van der Waals surface area contributed by atoms with Crippen molar-refractivity contribution in [2.24, 2.45) is 5.92 Å². The largest absolute Gasteiger partial charge is 0.312 e. The number of anilines is 2. The third kappa shape index (κ3) is 4.09. The second kappa shape index (κ2) is 7.75. The van der Waals surface area contributed by atoms with Crippen LogP contribution in [0, 0.1) is 5.92 Å². The minimum Gasteiger partial charge on any atom is -0.312 e. The van der Waals surface area contributed by atoms with Gasteiger partial charge in [-0.2, -0.15) is 0 Å². The molecule has 0 atom stereocenters. The Morgan fingerprint density at radius 3 is 2.36 bits per heavy atom. The van der Waals surface area contributed by atoms with Crippen molar-refractivity contribution in [2.45, 2.75) is 38.5 Å². The van der Waals surface area contributed by atoms with Crippen LogP contribution in [0.2, 0.25) is 0 Å². The van der Waals surface area contributed by atoms with Gasteiger partial charge in [-0.05, 0) is 49.6 Å². The average Bonchev–Trinajstić information content (AvgIpc) is 2.66. The van der Waals surface area contributed by atoms with Crippen molar-refractivity contribution in [3.63, 3.8) is 0 Å². The van der Waals surface area contributed by atoms with Gasteiger partial charge < -0.3 is 4.90 Å². The smallest absolute Gasteiger partial charge is 0.261 e. The van der Waals surface area contributed by atoms with E-state index in [-0.39, 0.29) is 22.5 Å². The second-order valence-electron chi connectivity index (χ2n) is 7.28. The third-order valence-corrected chi connectivity index (χ3v) is 6.18. The van der Waals surface area contributed by atoms with Crippen LogP contribution < -0.4 is 9.62 Å². The third-order valence-electron chi connectivity index (χ3n) is 4.79. The van der Waals surface area contributed by atoms with E-state index in [1.807, 2.05) is 19.9 Å². The number of ketones is 1. The van der Waals surface area contributed by atoms with Crippen LogP contribution in [-0.4, -0.2) is 26.7 Å². The molecule has 0 unspecified atom stereocenters. The zero-order valence-electron chi connectivity index (χ0n) is 16.2. The molecule has 1 aliphatic rings. The van der Waals surface area contributed by atoms with Crippen LogP contribution in [0.4, 0.5) is 11.4 Å². The van der Waals surface area contributed by atoms with Crippen LogP contribution in [0.25, 0.3) is 0 Å². The summed E-state index contributed by atoms with van der Waals surface area (Å²) in [6, 6.07) is 11.1. The van der Waals surface area contributed by atoms with E-state index in [1.54, 1.807) is 17.0 Å². The number of benzene rings is 2. The molecule has 28 heavy (non-hydrogen) atoms. The molecule has 0 fully saturated rings. The van der Waals surface area contributed by atoms with Gasteiger partial charge in [0.15, 0.2) is 5.78 Å². The van der Waals surface area contributed by atoms with Crippen LogP contribution in [-0.2, 0) is 21.2 Å². The standard InChI is InChI=1S/C21H24N2O4S/c1-14(2)21(25)23-12-4-5-17-6-9-18(13-20(17)23)22-28(26,27)19-10-7-16(8-11-19)15(3)24/h6-11,13-14,22H,4-5,12H2,1-3H3. The molecule has 0 aromatic heterocycles. The molecule has 2 aromatic carbocycles. The minimum absolute atomic E-state index is 0.0285. The van der Waals surface area contributed by atoms with Gasteiger partial charge in [-0.15, -0.1) is 0 Å². The summed E-state index contributed by atoms with van der Waals surface area (Å²) in [4.78, 5) is 25.7. The number of nitrogens with one attached hydrogen (secondary N) is 1. The maximum absolute atomic E-state index is 12.7. The molecular formula is C21H24N2O4S. The van der Waals surface area contributed by atoms with Gasteiger partial charge in [0, 0.05) is 23.7 Å². The van der Waals surface area contributed by atoms with Gasteiger partial charge in [-0.3, -0.25) is 14.3 Å². The fourth-order valence-corrected chi connectivity index (χ4v) is 4.31. The van der Waals surface area contributed by atoms with Crippen molar-refractivity contribution in [3.05, 3.63) is 53.6 Å². The lowest BCUT2D eigenvalue weighted by Crippen LogP contribution is -2.38. The monoisotopic (exact) mass is 400 g/mol. The Bertz CT molecular complexity index is 1010. The lowest BCUT2D eigenvalue weighted by molar-refractivity contribution is -0.121. The molecule has 1 N–H and O–H groups in total. The van der Waals surface area contributed by atoms with Crippen molar-refractivity contribution < 1.29 is 18.0 Å². The molecule has 1 amide bonds. The molecule has 1 aliphatic heterocycles. The van der Waals surface area contributed by atoms with Gasteiger partial charge in [0.2, 0.25) is 5.91 Å².